The van der Waals surface area contributed by atoms with Gasteiger partial charge in [0.05, 0.1) is 0 Å². The lowest BCUT2D eigenvalue weighted by molar-refractivity contribution is -0.253. The SMILES string of the molecule is CSCCC(=O)c1ccccc1COO. The average molecular weight is 226 g/mol. The molecule has 1 aromatic rings. The van der Waals surface area contributed by atoms with E-state index < -0.39 is 0 Å². The fourth-order valence-electron chi connectivity index (χ4n) is 1.32. The zero-order valence-corrected chi connectivity index (χ0v) is 9.42. The Kier molecular flexibility index (Phi) is 5.39. The minimum atomic E-state index is 0.0567. The zero-order valence-electron chi connectivity index (χ0n) is 8.60. The van der Waals surface area contributed by atoms with Crippen molar-refractivity contribution in [3.05, 3.63) is 35.4 Å². The van der Waals surface area contributed by atoms with Crippen LogP contribution in [0.5, 0.6) is 0 Å². The van der Waals surface area contributed by atoms with Gasteiger partial charge in [-0.15, -0.1) is 0 Å². The van der Waals surface area contributed by atoms with Crippen LogP contribution in [0, 0.1) is 0 Å². The maximum absolute atomic E-state index is 11.7. The van der Waals surface area contributed by atoms with Crippen molar-refractivity contribution in [2.75, 3.05) is 12.0 Å². The Morgan fingerprint density at radius 1 is 1.47 bits per heavy atom. The van der Waals surface area contributed by atoms with Gasteiger partial charge in [-0.25, -0.2) is 4.89 Å². The van der Waals surface area contributed by atoms with Crippen molar-refractivity contribution in [3.8, 4) is 0 Å². The zero-order chi connectivity index (χ0) is 11.1. The largest absolute Gasteiger partial charge is 0.294 e. The maximum Gasteiger partial charge on any atom is 0.164 e. The Hall–Kier alpha value is -0.840. The van der Waals surface area contributed by atoms with Gasteiger partial charge in [0, 0.05) is 17.7 Å². The third kappa shape index (κ3) is 3.66. The first-order chi connectivity index (χ1) is 7.29. The van der Waals surface area contributed by atoms with Crippen LogP contribution in [0.2, 0.25) is 0 Å². The van der Waals surface area contributed by atoms with E-state index in [1.807, 2.05) is 18.4 Å². The minimum absolute atomic E-state index is 0.0567. The van der Waals surface area contributed by atoms with Crippen LogP contribution in [0.1, 0.15) is 22.3 Å². The van der Waals surface area contributed by atoms with Crippen molar-refractivity contribution in [2.24, 2.45) is 0 Å². The molecule has 0 spiro atoms. The first kappa shape index (κ1) is 12.2. The van der Waals surface area contributed by atoms with Crippen molar-refractivity contribution in [1.29, 1.82) is 0 Å². The number of ketones is 1. The van der Waals surface area contributed by atoms with Crippen LogP contribution < -0.4 is 0 Å². The van der Waals surface area contributed by atoms with Gasteiger partial charge in [-0.2, -0.15) is 11.8 Å². The molecule has 1 N–H and O–H groups in total. The lowest BCUT2D eigenvalue weighted by atomic mass is 10.0. The Morgan fingerprint density at radius 3 is 2.87 bits per heavy atom. The van der Waals surface area contributed by atoms with E-state index in [9.17, 15) is 4.79 Å². The fraction of sp³-hybridized carbons (Fsp3) is 0.364. The Bertz CT molecular complexity index is 325. The van der Waals surface area contributed by atoms with Gasteiger partial charge in [-0.1, -0.05) is 24.3 Å². The topological polar surface area (TPSA) is 46.5 Å². The molecule has 0 heterocycles. The summed E-state index contributed by atoms with van der Waals surface area (Å²) in [5.74, 6) is 0.907. The third-order valence-corrected chi connectivity index (χ3v) is 2.68. The monoisotopic (exact) mass is 226 g/mol. The van der Waals surface area contributed by atoms with Crippen LogP contribution in [0.3, 0.4) is 0 Å². The molecule has 0 aliphatic carbocycles. The Morgan fingerprint density at radius 2 is 2.20 bits per heavy atom. The standard InChI is InChI=1S/C11H14O3S/c1-15-7-6-11(12)10-5-3-2-4-9(10)8-14-13/h2-5,13H,6-8H2,1H3. The van der Waals surface area contributed by atoms with Gasteiger partial charge in [0.15, 0.2) is 5.78 Å². The smallest absolute Gasteiger partial charge is 0.164 e. The predicted octanol–water partition coefficient (Wildman–Crippen LogP) is 2.61. The molecule has 0 unspecified atom stereocenters. The molecular weight excluding hydrogens is 212 g/mol. The summed E-state index contributed by atoms with van der Waals surface area (Å²) in [6, 6.07) is 7.17. The molecule has 0 radical (unpaired) electrons. The summed E-state index contributed by atoms with van der Waals surface area (Å²) in [4.78, 5) is 15.8. The van der Waals surface area contributed by atoms with Gasteiger partial charge < -0.3 is 0 Å². The van der Waals surface area contributed by atoms with Crippen molar-refractivity contribution in [1.82, 2.24) is 0 Å². The van der Waals surface area contributed by atoms with Gasteiger partial charge in [-0.3, -0.25) is 10.1 Å². The van der Waals surface area contributed by atoms with Crippen molar-refractivity contribution >= 4 is 17.5 Å². The molecule has 15 heavy (non-hydrogen) atoms. The highest BCUT2D eigenvalue weighted by molar-refractivity contribution is 7.98. The van der Waals surface area contributed by atoms with Gasteiger partial charge in [0.25, 0.3) is 0 Å². The van der Waals surface area contributed by atoms with Crippen LogP contribution in [-0.4, -0.2) is 23.0 Å². The lowest BCUT2D eigenvalue weighted by Gasteiger charge is -2.06. The molecule has 0 atom stereocenters. The molecule has 1 aromatic carbocycles. The van der Waals surface area contributed by atoms with E-state index >= 15 is 0 Å². The van der Waals surface area contributed by atoms with Crippen LogP contribution in [-0.2, 0) is 11.5 Å². The number of carbonyl (C=O) groups excluding carboxylic acids is 1. The van der Waals surface area contributed by atoms with E-state index in [2.05, 4.69) is 4.89 Å². The number of carbonyl (C=O) groups is 1. The molecule has 0 aromatic heterocycles. The predicted molar refractivity (Wildman–Crippen MR) is 61.2 cm³/mol. The number of Topliss-reactive ketones (excluding diaryl/α,β-unsaturated/α-hetero) is 1. The van der Waals surface area contributed by atoms with Gasteiger partial charge in [0.2, 0.25) is 0 Å². The molecular formula is C11H14O3S. The van der Waals surface area contributed by atoms with Crippen molar-refractivity contribution in [3.63, 3.8) is 0 Å². The number of hydrogen-bond acceptors (Lipinski definition) is 4. The molecule has 3 nitrogen and oxygen atoms in total. The van der Waals surface area contributed by atoms with E-state index in [1.165, 1.54) is 0 Å². The molecule has 82 valence electrons. The Balaban J connectivity index is 2.77. The van der Waals surface area contributed by atoms with E-state index in [1.54, 1.807) is 23.9 Å². The maximum atomic E-state index is 11.7. The van der Waals surface area contributed by atoms with Gasteiger partial charge in [-0.05, 0) is 11.8 Å². The van der Waals surface area contributed by atoms with Gasteiger partial charge in [0.1, 0.15) is 6.61 Å². The molecule has 0 saturated heterocycles. The summed E-state index contributed by atoms with van der Waals surface area (Å²) in [7, 11) is 0. The van der Waals surface area contributed by atoms with Crippen molar-refractivity contribution < 1.29 is 14.9 Å². The molecule has 0 saturated carbocycles. The average Bonchev–Trinajstić information content (AvgIpc) is 2.27. The van der Waals surface area contributed by atoms with E-state index in [4.69, 9.17) is 5.26 Å². The van der Waals surface area contributed by atoms with Crippen LogP contribution in [0.4, 0.5) is 0 Å². The summed E-state index contributed by atoms with van der Waals surface area (Å²) >= 11 is 1.64. The molecule has 1 rings (SSSR count). The third-order valence-electron chi connectivity index (χ3n) is 2.07. The second-order valence-corrected chi connectivity index (χ2v) is 4.08. The molecule has 0 amide bonds. The second kappa shape index (κ2) is 6.61. The number of rotatable bonds is 6. The van der Waals surface area contributed by atoms with E-state index in [0.717, 1.165) is 11.3 Å². The summed E-state index contributed by atoms with van der Waals surface area (Å²) in [5.41, 5.74) is 1.37. The van der Waals surface area contributed by atoms with Gasteiger partial charge >= 0.3 is 0 Å². The Labute approximate surface area is 93.4 Å². The number of benzene rings is 1. The quantitative estimate of drug-likeness (QED) is 0.460. The number of thioether (sulfide) groups is 1. The highest BCUT2D eigenvalue weighted by atomic mass is 32.2. The first-order valence-corrected chi connectivity index (χ1v) is 6.05. The molecule has 0 fully saturated rings. The summed E-state index contributed by atoms with van der Waals surface area (Å²) in [6.45, 7) is 0.0567. The lowest BCUT2D eigenvalue weighted by Crippen LogP contribution is -2.05. The number of hydrogen-bond donors (Lipinski definition) is 1. The summed E-state index contributed by atoms with van der Waals surface area (Å²) in [6.07, 6.45) is 2.49. The van der Waals surface area contributed by atoms with Crippen molar-refractivity contribution in [2.45, 2.75) is 13.0 Å². The van der Waals surface area contributed by atoms with E-state index in [0.29, 0.717) is 12.0 Å². The van der Waals surface area contributed by atoms with Crippen LogP contribution in [0.15, 0.2) is 24.3 Å². The summed E-state index contributed by atoms with van der Waals surface area (Å²) < 4.78 is 0. The first-order valence-electron chi connectivity index (χ1n) is 4.66. The summed E-state index contributed by atoms with van der Waals surface area (Å²) in [5, 5.41) is 8.39. The minimum Gasteiger partial charge on any atom is -0.294 e. The second-order valence-electron chi connectivity index (χ2n) is 3.10. The molecule has 0 bridgehead atoms. The van der Waals surface area contributed by atoms with E-state index in [-0.39, 0.29) is 12.4 Å². The normalized spacial score (nSPS) is 10.3. The molecule has 0 aliphatic heterocycles. The highest BCUT2D eigenvalue weighted by Gasteiger charge is 2.10. The van der Waals surface area contributed by atoms with Crippen LogP contribution >= 0.6 is 11.8 Å². The molecule has 0 aliphatic rings. The highest BCUT2D eigenvalue weighted by Crippen LogP contribution is 2.13. The molecule has 4 heteroatoms. The fourth-order valence-corrected chi connectivity index (χ4v) is 1.71. The van der Waals surface area contributed by atoms with Crippen LogP contribution in [0.25, 0.3) is 0 Å².